The highest BCUT2D eigenvalue weighted by molar-refractivity contribution is 5.72. The fourth-order valence-corrected chi connectivity index (χ4v) is 2.15. The SMILES string of the molecule is CCCCN(CCO)Cc1ccccc1CC(=O)OC. The predicted molar refractivity (Wildman–Crippen MR) is 79.4 cm³/mol. The van der Waals surface area contributed by atoms with Crippen molar-refractivity contribution in [1.82, 2.24) is 4.90 Å². The maximum Gasteiger partial charge on any atom is 0.309 e. The zero-order chi connectivity index (χ0) is 14.8. The van der Waals surface area contributed by atoms with Crippen LogP contribution in [0.2, 0.25) is 0 Å². The first-order chi connectivity index (χ1) is 9.71. The number of hydrogen-bond donors (Lipinski definition) is 1. The Bertz CT molecular complexity index is 406. The van der Waals surface area contributed by atoms with Gasteiger partial charge in [-0.05, 0) is 24.1 Å². The van der Waals surface area contributed by atoms with E-state index in [1.54, 1.807) is 0 Å². The molecule has 1 N–H and O–H groups in total. The summed E-state index contributed by atoms with van der Waals surface area (Å²) in [4.78, 5) is 13.7. The number of carbonyl (C=O) groups excluding carboxylic acids is 1. The van der Waals surface area contributed by atoms with Gasteiger partial charge in [-0.1, -0.05) is 37.6 Å². The third-order valence-corrected chi connectivity index (χ3v) is 3.32. The monoisotopic (exact) mass is 279 g/mol. The quantitative estimate of drug-likeness (QED) is 0.702. The van der Waals surface area contributed by atoms with Crippen LogP contribution in [0.4, 0.5) is 0 Å². The average Bonchev–Trinajstić information content (AvgIpc) is 2.46. The van der Waals surface area contributed by atoms with Crippen LogP contribution >= 0.6 is 0 Å². The molecule has 0 fully saturated rings. The van der Waals surface area contributed by atoms with Crippen molar-refractivity contribution in [3.8, 4) is 0 Å². The number of rotatable bonds is 9. The molecule has 0 aliphatic rings. The summed E-state index contributed by atoms with van der Waals surface area (Å²) >= 11 is 0. The van der Waals surface area contributed by atoms with Crippen molar-refractivity contribution in [2.24, 2.45) is 0 Å². The van der Waals surface area contributed by atoms with Crippen LogP contribution < -0.4 is 0 Å². The summed E-state index contributed by atoms with van der Waals surface area (Å²) in [5, 5.41) is 9.15. The predicted octanol–water partition coefficient (Wildman–Crippen LogP) is 2.00. The Hall–Kier alpha value is -1.39. The minimum Gasteiger partial charge on any atom is -0.469 e. The molecule has 1 aromatic carbocycles. The fraction of sp³-hybridized carbons (Fsp3) is 0.562. The van der Waals surface area contributed by atoms with E-state index >= 15 is 0 Å². The van der Waals surface area contributed by atoms with E-state index in [0.717, 1.165) is 37.1 Å². The Morgan fingerprint density at radius 3 is 2.55 bits per heavy atom. The van der Waals surface area contributed by atoms with Crippen molar-refractivity contribution in [1.29, 1.82) is 0 Å². The van der Waals surface area contributed by atoms with Gasteiger partial charge in [0.2, 0.25) is 0 Å². The molecule has 0 amide bonds. The van der Waals surface area contributed by atoms with E-state index in [1.165, 1.54) is 7.11 Å². The number of ether oxygens (including phenoxy) is 1. The third kappa shape index (κ3) is 5.72. The van der Waals surface area contributed by atoms with Gasteiger partial charge in [0.15, 0.2) is 0 Å². The molecule has 112 valence electrons. The second-order valence-corrected chi connectivity index (χ2v) is 4.87. The maximum atomic E-state index is 11.4. The normalized spacial score (nSPS) is 10.8. The van der Waals surface area contributed by atoms with Gasteiger partial charge >= 0.3 is 5.97 Å². The number of aliphatic hydroxyl groups is 1. The second kappa shape index (κ2) is 9.50. The zero-order valence-electron chi connectivity index (χ0n) is 12.5. The second-order valence-electron chi connectivity index (χ2n) is 4.87. The van der Waals surface area contributed by atoms with E-state index < -0.39 is 0 Å². The van der Waals surface area contributed by atoms with Gasteiger partial charge in [0, 0.05) is 13.1 Å². The molecule has 4 heteroatoms. The summed E-state index contributed by atoms with van der Waals surface area (Å²) in [5.74, 6) is -0.222. The van der Waals surface area contributed by atoms with Crippen molar-refractivity contribution in [2.75, 3.05) is 26.8 Å². The number of nitrogens with zero attached hydrogens (tertiary/aromatic N) is 1. The lowest BCUT2D eigenvalue weighted by atomic mass is 10.0. The molecular formula is C16H25NO3. The van der Waals surface area contributed by atoms with Crippen molar-refractivity contribution in [3.05, 3.63) is 35.4 Å². The van der Waals surface area contributed by atoms with Gasteiger partial charge in [-0.25, -0.2) is 0 Å². The molecule has 0 atom stereocenters. The molecule has 4 nitrogen and oxygen atoms in total. The van der Waals surface area contributed by atoms with Crippen molar-refractivity contribution >= 4 is 5.97 Å². The molecule has 0 aromatic heterocycles. The first kappa shape index (κ1) is 16.7. The van der Waals surface area contributed by atoms with E-state index in [1.807, 2.05) is 24.3 Å². The summed E-state index contributed by atoms with van der Waals surface area (Å²) in [6, 6.07) is 7.91. The third-order valence-electron chi connectivity index (χ3n) is 3.32. The number of methoxy groups -OCH3 is 1. The van der Waals surface area contributed by atoms with Gasteiger partial charge in [0.25, 0.3) is 0 Å². The van der Waals surface area contributed by atoms with Crippen LogP contribution in [0.1, 0.15) is 30.9 Å². The van der Waals surface area contributed by atoms with Gasteiger partial charge < -0.3 is 9.84 Å². The van der Waals surface area contributed by atoms with Crippen LogP contribution in [0.15, 0.2) is 24.3 Å². The molecule has 20 heavy (non-hydrogen) atoms. The molecule has 0 bridgehead atoms. The molecule has 0 saturated heterocycles. The Balaban J connectivity index is 2.75. The maximum absolute atomic E-state index is 11.4. The molecule has 1 aromatic rings. The summed E-state index contributed by atoms with van der Waals surface area (Å²) in [7, 11) is 1.41. The number of hydrogen-bond acceptors (Lipinski definition) is 4. The van der Waals surface area contributed by atoms with E-state index in [2.05, 4.69) is 11.8 Å². The first-order valence-corrected chi connectivity index (χ1v) is 7.18. The minimum atomic E-state index is -0.222. The van der Waals surface area contributed by atoms with Gasteiger partial charge in [-0.15, -0.1) is 0 Å². The van der Waals surface area contributed by atoms with Crippen LogP contribution in [0.25, 0.3) is 0 Å². The van der Waals surface area contributed by atoms with E-state index in [-0.39, 0.29) is 12.6 Å². The number of aliphatic hydroxyl groups excluding tert-OH is 1. The molecular weight excluding hydrogens is 254 g/mol. The number of benzene rings is 1. The summed E-state index contributed by atoms with van der Waals surface area (Å²) in [6.07, 6.45) is 2.54. The Morgan fingerprint density at radius 1 is 1.25 bits per heavy atom. The Kier molecular flexibility index (Phi) is 7.92. The van der Waals surface area contributed by atoms with E-state index in [4.69, 9.17) is 9.84 Å². The molecule has 0 spiro atoms. The van der Waals surface area contributed by atoms with Crippen LogP contribution in [-0.2, 0) is 22.5 Å². The highest BCUT2D eigenvalue weighted by atomic mass is 16.5. The average molecular weight is 279 g/mol. The van der Waals surface area contributed by atoms with Crippen LogP contribution in [0.5, 0.6) is 0 Å². The topological polar surface area (TPSA) is 49.8 Å². The summed E-state index contributed by atoms with van der Waals surface area (Å²) < 4.78 is 4.73. The fourth-order valence-electron chi connectivity index (χ4n) is 2.15. The minimum absolute atomic E-state index is 0.156. The van der Waals surface area contributed by atoms with Crippen molar-refractivity contribution in [3.63, 3.8) is 0 Å². The highest BCUT2D eigenvalue weighted by Gasteiger charge is 2.11. The van der Waals surface area contributed by atoms with Crippen LogP contribution in [0, 0.1) is 0 Å². The van der Waals surface area contributed by atoms with Crippen molar-refractivity contribution in [2.45, 2.75) is 32.7 Å². The van der Waals surface area contributed by atoms with Gasteiger partial charge in [0.1, 0.15) is 0 Å². The van der Waals surface area contributed by atoms with E-state index in [9.17, 15) is 4.79 Å². The summed E-state index contributed by atoms with van der Waals surface area (Å²) in [6.45, 7) is 4.69. The lowest BCUT2D eigenvalue weighted by molar-refractivity contribution is -0.139. The molecule has 0 aliphatic heterocycles. The first-order valence-electron chi connectivity index (χ1n) is 7.18. The summed E-state index contributed by atoms with van der Waals surface area (Å²) in [5.41, 5.74) is 2.13. The van der Waals surface area contributed by atoms with Gasteiger partial charge in [-0.3, -0.25) is 9.69 Å². The molecule has 0 saturated carbocycles. The molecule has 0 radical (unpaired) electrons. The van der Waals surface area contributed by atoms with E-state index in [0.29, 0.717) is 13.0 Å². The molecule has 0 heterocycles. The lowest BCUT2D eigenvalue weighted by Gasteiger charge is -2.22. The molecule has 0 unspecified atom stereocenters. The van der Waals surface area contributed by atoms with Gasteiger partial charge in [-0.2, -0.15) is 0 Å². The zero-order valence-corrected chi connectivity index (χ0v) is 12.5. The van der Waals surface area contributed by atoms with Crippen LogP contribution in [0.3, 0.4) is 0 Å². The smallest absolute Gasteiger partial charge is 0.309 e. The number of unbranched alkanes of at least 4 members (excludes halogenated alkanes) is 1. The highest BCUT2D eigenvalue weighted by Crippen LogP contribution is 2.13. The molecule has 0 aliphatic carbocycles. The van der Waals surface area contributed by atoms with Gasteiger partial charge in [0.05, 0.1) is 20.1 Å². The number of carbonyl (C=O) groups is 1. The number of esters is 1. The van der Waals surface area contributed by atoms with Crippen molar-refractivity contribution < 1.29 is 14.6 Å². The largest absolute Gasteiger partial charge is 0.469 e. The molecule has 1 rings (SSSR count). The Labute approximate surface area is 121 Å². The Morgan fingerprint density at radius 2 is 1.95 bits per heavy atom. The van der Waals surface area contributed by atoms with Crippen LogP contribution in [-0.4, -0.2) is 42.8 Å². The lowest BCUT2D eigenvalue weighted by Crippen LogP contribution is -2.28. The standard InChI is InChI=1S/C16H25NO3/c1-3-4-9-17(10-11-18)13-15-8-6-5-7-14(15)12-16(19)20-2/h5-8,18H,3-4,9-13H2,1-2H3.